The van der Waals surface area contributed by atoms with Crippen LogP contribution >= 0.6 is 0 Å². The Hall–Kier alpha value is -1.02. The van der Waals surface area contributed by atoms with Gasteiger partial charge in [0.25, 0.3) is 0 Å². The van der Waals surface area contributed by atoms with E-state index in [-0.39, 0.29) is 16.9 Å². The normalized spacial score (nSPS) is 31.3. The van der Waals surface area contributed by atoms with E-state index >= 15 is 0 Å². The van der Waals surface area contributed by atoms with Gasteiger partial charge in [-0.2, -0.15) is 4.31 Å². The number of ether oxygens (including phenoxy) is 1. The molecule has 4 rings (SSSR count). The maximum Gasteiger partial charge on any atom is 0.217 e. The van der Waals surface area contributed by atoms with Crippen molar-refractivity contribution in [2.75, 3.05) is 19.7 Å². The van der Waals surface area contributed by atoms with Crippen molar-refractivity contribution in [2.45, 2.75) is 62.0 Å². The lowest BCUT2D eigenvalue weighted by Gasteiger charge is -2.49. The quantitative estimate of drug-likeness (QED) is 0.860. The van der Waals surface area contributed by atoms with Crippen LogP contribution in [0.4, 0.5) is 0 Å². The van der Waals surface area contributed by atoms with Crippen LogP contribution < -0.4 is 5.32 Å². The molecule has 6 nitrogen and oxygen atoms in total. The van der Waals surface area contributed by atoms with Crippen molar-refractivity contribution in [3.05, 3.63) is 30.1 Å². The number of rotatable bonds is 5. The van der Waals surface area contributed by atoms with E-state index in [1.54, 1.807) is 10.5 Å². The minimum absolute atomic E-state index is 0.145. The second kappa shape index (κ2) is 6.95. The lowest BCUT2D eigenvalue weighted by atomic mass is 9.79. The van der Waals surface area contributed by atoms with Crippen LogP contribution in [0.2, 0.25) is 0 Å². The molecule has 2 saturated carbocycles. The molecule has 25 heavy (non-hydrogen) atoms. The summed E-state index contributed by atoms with van der Waals surface area (Å²) in [5.74, 6) is 0. The number of hydrogen-bond acceptors (Lipinski definition) is 5. The van der Waals surface area contributed by atoms with E-state index in [0.717, 1.165) is 50.6 Å². The van der Waals surface area contributed by atoms with Gasteiger partial charge in [-0.05, 0) is 37.3 Å². The van der Waals surface area contributed by atoms with Crippen molar-refractivity contribution in [1.29, 1.82) is 0 Å². The zero-order chi connectivity index (χ0) is 17.3. The molecule has 3 fully saturated rings. The standard InChI is InChI=1S/C18H27N3O3S/c22-25(23,16-6-7-16)21-10-11-24-18(14-21)8-2-1-5-17(18)20-13-15-4-3-9-19-12-15/h3-4,9,12,16-17,20H,1-2,5-8,10-11,13-14H2/t17-,18+/m1/s1. The molecule has 0 amide bonds. The van der Waals surface area contributed by atoms with Crippen LogP contribution in [0.25, 0.3) is 0 Å². The molecule has 3 aliphatic rings. The van der Waals surface area contributed by atoms with E-state index in [9.17, 15) is 8.42 Å². The van der Waals surface area contributed by atoms with Gasteiger partial charge < -0.3 is 10.1 Å². The summed E-state index contributed by atoms with van der Waals surface area (Å²) in [6.45, 7) is 2.22. The summed E-state index contributed by atoms with van der Waals surface area (Å²) >= 11 is 0. The minimum Gasteiger partial charge on any atom is -0.371 e. The van der Waals surface area contributed by atoms with Crippen molar-refractivity contribution >= 4 is 10.0 Å². The number of hydrogen-bond donors (Lipinski definition) is 1. The Morgan fingerprint density at radius 2 is 2.20 bits per heavy atom. The molecule has 0 bridgehead atoms. The second-order valence-electron chi connectivity index (χ2n) is 7.53. The third kappa shape index (κ3) is 3.60. The zero-order valence-corrected chi connectivity index (χ0v) is 15.4. The van der Waals surface area contributed by atoms with E-state index in [4.69, 9.17) is 4.74 Å². The van der Waals surface area contributed by atoms with Gasteiger partial charge in [-0.3, -0.25) is 4.98 Å². The number of nitrogens with zero attached hydrogens (tertiary/aromatic N) is 2. The molecule has 2 heterocycles. The molecule has 0 unspecified atom stereocenters. The SMILES string of the molecule is O=S(=O)(C1CC1)N1CCO[C@@]2(CCCC[C@H]2NCc2cccnc2)C1. The van der Waals surface area contributed by atoms with Gasteiger partial charge >= 0.3 is 0 Å². The molecule has 7 heteroatoms. The lowest BCUT2D eigenvalue weighted by Crippen LogP contribution is -2.64. The van der Waals surface area contributed by atoms with Crippen molar-refractivity contribution in [1.82, 2.24) is 14.6 Å². The van der Waals surface area contributed by atoms with Gasteiger partial charge in [-0.25, -0.2) is 8.42 Å². The van der Waals surface area contributed by atoms with Gasteiger partial charge in [0.1, 0.15) is 0 Å². The fourth-order valence-corrected chi connectivity index (χ4v) is 6.05. The van der Waals surface area contributed by atoms with Crippen LogP contribution in [0, 0.1) is 0 Å². The minimum atomic E-state index is -3.14. The summed E-state index contributed by atoms with van der Waals surface area (Å²) in [5.41, 5.74) is 0.752. The molecular weight excluding hydrogens is 338 g/mol. The van der Waals surface area contributed by atoms with E-state index in [2.05, 4.69) is 16.4 Å². The van der Waals surface area contributed by atoms with Crippen LogP contribution in [0.15, 0.2) is 24.5 Å². The molecule has 1 N–H and O–H groups in total. The van der Waals surface area contributed by atoms with E-state index in [1.807, 2.05) is 12.3 Å². The Morgan fingerprint density at radius 1 is 1.32 bits per heavy atom. The highest BCUT2D eigenvalue weighted by Gasteiger charge is 2.50. The number of aromatic nitrogens is 1. The predicted octanol–water partition coefficient (Wildman–Crippen LogP) is 1.68. The summed E-state index contributed by atoms with van der Waals surface area (Å²) in [4.78, 5) is 4.16. The summed E-state index contributed by atoms with van der Waals surface area (Å²) in [5, 5.41) is 3.48. The van der Waals surface area contributed by atoms with Crippen molar-refractivity contribution in [3.8, 4) is 0 Å². The topological polar surface area (TPSA) is 71.5 Å². The molecule has 0 aromatic carbocycles. The first-order valence-electron chi connectivity index (χ1n) is 9.35. The predicted molar refractivity (Wildman–Crippen MR) is 95.5 cm³/mol. The third-order valence-corrected chi connectivity index (χ3v) is 8.08. The largest absolute Gasteiger partial charge is 0.371 e. The van der Waals surface area contributed by atoms with Gasteiger partial charge in [0.15, 0.2) is 0 Å². The number of pyridine rings is 1. The summed E-state index contributed by atoms with van der Waals surface area (Å²) in [6, 6.07) is 4.18. The highest BCUT2D eigenvalue weighted by atomic mass is 32.2. The number of sulfonamides is 1. The highest BCUT2D eigenvalue weighted by molar-refractivity contribution is 7.90. The maximum atomic E-state index is 12.7. The first-order valence-corrected chi connectivity index (χ1v) is 10.9. The van der Waals surface area contributed by atoms with E-state index < -0.39 is 10.0 Å². The van der Waals surface area contributed by atoms with E-state index in [0.29, 0.717) is 19.7 Å². The average molecular weight is 365 g/mol. The summed E-state index contributed by atoms with van der Waals surface area (Å²) in [7, 11) is -3.14. The molecule has 1 aromatic rings. The maximum absolute atomic E-state index is 12.7. The monoisotopic (exact) mass is 365 g/mol. The van der Waals surface area contributed by atoms with Crippen molar-refractivity contribution in [2.24, 2.45) is 0 Å². The Morgan fingerprint density at radius 3 is 2.96 bits per heavy atom. The average Bonchev–Trinajstić information content (AvgIpc) is 3.48. The molecule has 138 valence electrons. The van der Waals surface area contributed by atoms with Crippen LogP contribution in [0.3, 0.4) is 0 Å². The lowest BCUT2D eigenvalue weighted by molar-refractivity contribution is -0.127. The van der Waals surface area contributed by atoms with Crippen LogP contribution in [-0.4, -0.2) is 54.3 Å². The van der Waals surface area contributed by atoms with Crippen LogP contribution in [0.5, 0.6) is 0 Å². The molecule has 1 aliphatic heterocycles. The van der Waals surface area contributed by atoms with Crippen molar-refractivity contribution < 1.29 is 13.2 Å². The highest BCUT2D eigenvalue weighted by Crippen LogP contribution is 2.38. The Balaban J connectivity index is 1.48. The van der Waals surface area contributed by atoms with Gasteiger partial charge in [0, 0.05) is 38.1 Å². The molecule has 2 aliphatic carbocycles. The summed E-state index contributed by atoms with van der Waals surface area (Å²) in [6.07, 6.45) is 9.48. The Bertz CT molecular complexity index is 689. The fraction of sp³-hybridized carbons (Fsp3) is 0.722. The number of morpholine rings is 1. The third-order valence-electron chi connectivity index (χ3n) is 5.73. The van der Waals surface area contributed by atoms with Crippen LogP contribution in [0.1, 0.15) is 44.1 Å². The number of nitrogens with one attached hydrogen (secondary N) is 1. The molecule has 1 spiro atoms. The first kappa shape index (κ1) is 17.4. The van der Waals surface area contributed by atoms with Gasteiger partial charge in [-0.15, -0.1) is 0 Å². The molecule has 0 radical (unpaired) electrons. The zero-order valence-electron chi connectivity index (χ0n) is 14.6. The molecule has 2 atom stereocenters. The summed E-state index contributed by atoms with van der Waals surface area (Å²) < 4.78 is 33.4. The van der Waals surface area contributed by atoms with Crippen molar-refractivity contribution in [3.63, 3.8) is 0 Å². The van der Waals surface area contributed by atoms with E-state index in [1.165, 1.54) is 0 Å². The smallest absolute Gasteiger partial charge is 0.217 e. The molecular formula is C18H27N3O3S. The van der Waals surface area contributed by atoms with Gasteiger partial charge in [0.2, 0.25) is 10.0 Å². The second-order valence-corrected chi connectivity index (χ2v) is 9.74. The fourth-order valence-electron chi connectivity index (χ4n) is 4.17. The van der Waals surface area contributed by atoms with Crippen LogP contribution in [-0.2, 0) is 21.3 Å². The Kier molecular flexibility index (Phi) is 4.83. The molecule has 1 saturated heterocycles. The first-order chi connectivity index (χ1) is 12.1. The Labute approximate surface area is 150 Å². The van der Waals surface area contributed by atoms with Gasteiger partial charge in [-0.1, -0.05) is 18.9 Å². The van der Waals surface area contributed by atoms with Gasteiger partial charge in [0.05, 0.1) is 17.5 Å². The molecule has 1 aromatic heterocycles.